The molecule has 4 aliphatic carbocycles. The first-order valence-electron chi connectivity index (χ1n) is 14.0. The van der Waals surface area contributed by atoms with Gasteiger partial charge in [-0.1, -0.05) is 6.42 Å². The van der Waals surface area contributed by atoms with Crippen molar-refractivity contribution in [2.75, 3.05) is 13.7 Å². The van der Waals surface area contributed by atoms with Crippen LogP contribution in [-0.4, -0.2) is 111 Å². The first-order chi connectivity index (χ1) is 18.4. The van der Waals surface area contributed by atoms with Crippen molar-refractivity contribution in [3.8, 4) is 0 Å². The van der Waals surface area contributed by atoms with E-state index in [1.165, 1.54) is 7.11 Å². The molecule has 12 nitrogen and oxygen atoms in total. The molecule has 7 N–H and O–H groups in total. The average Bonchev–Trinajstić information content (AvgIpc) is 2.90. The van der Waals surface area contributed by atoms with Gasteiger partial charge in [0.25, 0.3) is 0 Å². The van der Waals surface area contributed by atoms with Crippen LogP contribution >= 0.6 is 0 Å². The molecule has 0 radical (unpaired) electrons. The average molecular weight is 556 g/mol. The number of fused-ring (bicyclic) bond motifs is 3. The molecule has 0 aromatic heterocycles. The zero-order valence-electron chi connectivity index (χ0n) is 22.3. The number of Topliss-reactive ketones (excluding diaryl/α,β-unsaturated/α-hetero) is 3. The van der Waals surface area contributed by atoms with Crippen molar-refractivity contribution in [3.05, 3.63) is 0 Å². The standard InChI is InChI=1S/C27H41NO11/c1-10-22(31)13(28)6-17(38-10)39-15-8-27(36,16(30)9-29)7-12-19(15)26(35)21-20(24(12)33)23(32)11-4-3-5-14(37-2)18(11)25(21)34/h10-15,17-22,24,26,29,31,33,35-36H,3-9,28H2,1-2H3/t10-,11?,12?,13-,14?,15-,17-,18?,19?,20?,21?,22+,24?,26?,27+/m0/s1. The van der Waals surface area contributed by atoms with Crippen molar-refractivity contribution in [2.45, 2.75) is 100 Å². The molecule has 12 heteroatoms. The highest BCUT2D eigenvalue weighted by molar-refractivity contribution is 6.01. The molecule has 5 rings (SSSR count). The largest absolute Gasteiger partial charge is 0.392 e. The number of aliphatic hydroxyl groups is 5. The van der Waals surface area contributed by atoms with Crippen molar-refractivity contribution in [1.82, 2.24) is 0 Å². The summed E-state index contributed by atoms with van der Waals surface area (Å²) in [5.74, 6) is -7.11. The summed E-state index contributed by atoms with van der Waals surface area (Å²) in [6, 6.07) is -0.672. The summed E-state index contributed by atoms with van der Waals surface area (Å²) in [5.41, 5.74) is 3.96. The molecular formula is C27H41NO11. The minimum absolute atomic E-state index is 0.0904. The molecule has 0 amide bonds. The molecular weight excluding hydrogens is 514 g/mol. The Morgan fingerprint density at radius 2 is 1.72 bits per heavy atom. The third-order valence-electron chi connectivity index (χ3n) is 10.2. The molecule has 9 unspecified atom stereocenters. The number of methoxy groups -OCH3 is 1. The quantitative estimate of drug-likeness (QED) is 0.219. The van der Waals surface area contributed by atoms with Gasteiger partial charge in [0.15, 0.2) is 12.1 Å². The number of nitrogens with two attached hydrogens (primary N) is 1. The number of hydrogen-bond donors (Lipinski definition) is 6. The Morgan fingerprint density at radius 1 is 1.03 bits per heavy atom. The van der Waals surface area contributed by atoms with Gasteiger partial charge in [-0.3, -0.25) is 14.4 Å². The minimum Gasteiger partial charge on any atom is -0.392 e. The molecule has 15 atom stereocenters. The van der Waals surface area contributed by atoms with Crippen LogP contribution in [0.2, 0.25) is 0 Å². The summed E-state index contributed by atoms with van der Waals surface area (Å²) < 4.78 is 17.5. The second kappa shape index (κ2) is 10.8. The minimum atomic E-state index is -2.09. The van der Waals surface area contributed by atoms with E-state index in [0.717, 1.165) is 0 Å². The fourth-order valence-corrected chi connectivity index (χ4v) is 8.27. The SMILES string of the molecule is COC1CCCC2C(=O)C3C(O)C4C[C@](O)(C(=O)CO)C[C@H](O[C@H]5C[C@H](N)[C@H](O)[C@H](C)O5)C4C(O)C3C(=O)C12. The zero-order valence-corrected chi connectivity index (χ0v) is 22.3. The van der Waals surface area contributed by atoms with Gasteiger partial charge in [-0.2, -0.15) is 0 Å². The molecule has 0 bridgehead atoms. The van der Waals surface area contributed by atoms with E-state index >= 15 is 0 Å². The van der Waals surface area contributed by atoms with Gasteiger partial charge in [-0.15, -0.1) is 0 Å². The molecule has 4 saturated carbocycles. The van der Waals surface area contributed by atoms with E-state index in [9.17, 15) is 39.9 Å². The van der Waals surface area contributed by atoms with Gasteiger partial charge in [0.1, 0.15) is 23.8 Å². The number of ketones is 3. The fraction of sp³-hybridized carbons (Fsp3) is 0.889. The number of aliphatic hydroxyl groups excluding tert-OH is 4. The summed E-state index contributed by atoms with van der Waals surface area (Å²) >= 11 is 0. The van der Waals surface area contributed by atoms with E-state index in [-0.39, 0.29) is 30.8 Å². The summed E-state index contributed by atoms with van der Waals surface area (Å²) in [5, 5.41) is 54.4. The van der Waals surface area contributed by atoms with E-state index in [2.05, 4.69) is 0 Å². The van der Waals surface area contributed by atoms with Crippen LogP contribution in [0.3, 0.4) is 0 Å². The highest BCUT2D eigenvalue weighted by Crippen LogP contribution is 2.55. The summed E-state index contributed by atoms with van der Waals surface area (Å²) in [4.78, 5) is 40.3. The first kappa shape index (κ1) is 29.2. The van der Waals surface area contributed by atoms with Crippen LogP contribution in [-0.2, 0) is 28.6 Å². The van der Waals surface area contributed by atoms with Crippen molar-refractivity contribution in [3.63, 3.8) is 0 Å². The maximum Gasteiger partial charge on any atom is 0.189 e. The Kier molecular flexibility index (Phi) is 8.08. The molecule has 0 spiro atoms. The smallest absolute Gasteiger partial charge is 0.189 e. The summed E-state index contributed by atoms with van der Waals surface area (Å²) in [6.07, 6.45) is -5.68. The number of carbonyl (C=O) groups excluding carboxylic acids is 3. The third kappa shape index (κ3) is 4.71. The molecule has 1 saturated heterocycles. The van der Waals surface area contributed by atoms with Crippen LogP contribution < -0.4 is 5.73 Å². The molecule has 39 heavy (non-hydrogen) atoms. The van der Waals surface area contributed by atoms with Crippen molar-refractivity contribution in [2.24, 2.45) is 41.2 Å². The lowest BCUT2D eigenvalue weighted by molar-refractivity contribution is -0.279. The Bertz CT molecular complexity index is 965. The van der Waals surface area contributed by atoms with Crippen LogP contribution in [0.25, 0.3) is 0 Å². The highest BCUT2D eigenvalue weighted by atomic mass is 16.7. The summed E-state index contributed by atoms with van der Waals surface area (Å²) in [6.45, 7) is 0.678. The molecule has 0 aromatic rings. The Morgan fingerprint density at radius 3 is 2.36 bits per heavy atom. The molecule has 0 aromatic carbocycles. The Labute approximate surface area is 226 Å². The molecule has 1 aliphatic heterocycles. The zero-order chi connectivity index (χ0) is 28.4. The van der Waals surface area contributed by atoms with Crippen molar-refractivity contribution in [1.29, 1.82) is 0 Å². The predicted octanol–water partition coefficient (Wildman–Crippen LogP) is -1.94. The molecule has 5 fully saturated rings. The lowest BCUT2D eigenvalue weighted by atomic mass is 9.49. The van der Waals surface area contributed by atoms with Crippen molar-refractivity contribution >= 4 is 17.3 Å². The van der Waals surface area contributed by atoms with E-state index in [1.807, 2.05) is 0 Å². The van der Waals surface area contributed by atoms with Crippen molar-refractivity contribution < 1.29 is 54.1 Å². The van der Waals surface area contributed by atoms with E-state index < -0.39 is 102 Å². The summed E-state index contributed by atoms with van der Waals surface area (Å²) in [7, 11) is 1.50. The van der Waals surface area contributed by atoms with Gasteiger partial charge in [-0.05, 0) is 32.1 Å². The number of ether oxygens (including phenoxy) is 3. The van der Waals surface area contributed by atoms with E-state index in [0.29, 0.717) is 19.3 Å². The topological polar surface area (TPSA) is 206 Å². The number of carbonyl (C=O) groups is 3. The number of hydrogen-bond acceptors (Lipinski definition) is 12. The van der Waals surface area contributed by atoms with Crippen LogP contribution in [0, 0.1) is 35.5 Å². The van der Waals surface area contributed by atoms with Crippen LogP contribution in [0.4, 0.5) is 0 Å². The van der Waals surface area contributed by atoms with Gasteiger partial charge in [-0.25, -0.2) is 0 Å². The normalized spacial score (nSPS) is 52.0. The number of rotatable bonds is 5. The van der Waals surface area contributed by atoms with E-state index in [4.69, 9.17) is 19.9 Å². The fourth-order valence-electron chi connectivity index (χ4n) is 8.27. The monoisotopic (exact) mass is 555 g/mol. The first-order valence-corrected chi connectivity index (χ1v) is 14.0. The molecule has 5 aliphatic rings. The molecule has 1 heterocycles. The molecule has 220 valence electrons. The van der Waals surface area contributed by atoms with Gasteiger partial charge in [0, 0.05) is 37.8 Å². The van der Waals surface area contributed by atoms with Gasteiger partial charge < -0.3 is 45.5 Å². The van der Waals surface area contributed by atoms with Crippen LogP contribution in [0.5, 0.6) is 0 Å². The lowest BCUT2D eigenvalue weighted by Gasteiger charge is -2.58. The maximum atomic E-state index is 13.9. The van der Waals surface area contributed by atoms with E-state index in [1.54, 1.807) is 6.92 Å². The predicted molar refractivity (Wildman–Crippen MR) is 132 cm³/mol. The Hall–Kier alpha value is -1.35. The highest BCUT2D eigenvalue weighted by Gasteiger charge is 2.66. The second-order valence-electron chi connectivity index (χ2n) is 12.3. The lowest BCUT2D eigenvalue weighted by Crippen LogP contribution is -2.69. The van der Waals surface area contributed by atoms with Gasteiger partial charge in [0.2, 0.25) is 0 Å². The van der Waals surface area contributed by atoms with Crippen LogP contribution in [0.1, 0.15) is 45.4 Å². The second-order valence-corrected chi connectivity index (χ2v) is 12.3. The Balaban J connectivity index is 1.50. The van der Waals surface area contributed by atoms with Crippen LogP contribution in [0.15, 0.2) is 0 Å². The van der Waals surface area contributed by atoms with Gasteiger partial charge >= 0.3 is 0 Å². The maximum absolute atomic E-state index is 13.9. The van der Waals surface area contributed by atoms with Gasteiger partial charge in [0.05, 0.1) is 54.4 Å². The third-order valence-corrected chi connectivity index (χ3v) is 10.2.